The molecule has 29 heavy (non-hydrogen) atoms. The first-order chi connectivity index (χ1) is 13.4. The fraction of sp³-hybridized carbons (Fsp3) is 0.524. The third-order valence-corrected chi connectivity index (χ3v) is 3.68. The van der Waals surface area contributed by atoms with Gasteiger partial charge in [-0.05, 0) is 18.9 Å². The number of ether oxygens (including phenoxy) is 2. The summed E-state index contributed by atoms with van der Waals surface area (Å²) in [4.78, 5) is 45.4. The Bertz CT molecular complexity index is 660. The van der Waals surface area contributed by atoms with Crippen molar-refractivity contribution in [3.63, 3.8) is 0 Å². The minimum atomic E-state index is -0.358. The van der Waals surface area contributed by atoms with Gasteiger partial charge in [0.1, 0.15) is 11.6 Å². The van der Waals surface area contributed by atoms with Gasteiger partial charge in [-0.3, -0.25) is 14.4 Å². The van der Waals surface area contributed by atoms with Crippen molar-refractivity contribution in [1.82, 2.24) is 0 Å². The SMILES string of the molecule is CCCC(=O)OCCCOCC(=O)[N-]Cc1ccc(CC(=O)CC(C)=O)cc1.[Rb+]. The van der Waals surface area contributed by atoms with Crippen LogP contribution in [0.1, 0.15) is 50.7 Å². The zero-order valence-corrected chi connectivity index (χ0v) is 22.5. The zero-order valence-electron chi connectivity index (χ0n) is 17.6. The molecule has 1 aromatic carbocycles. The van der Waals surface area contributed by atoms with Gasteiger partial charge in [0.05, 0.1) is 32.1 Å². The molecule has 0 unspecified atom stereocenters. The van der Waals surface area contributed by atoms with E-state index in [-0.39, 0.29) is 114 Å². The summed E-state index contributed by atoms with van der Waals surface area (Å²) in [6, 6.07) is 7.20. The molecule has 0 aromatic heterocycles. The first kappa shape index (κ1) is 28.3. The third-order valence-electron chi connectivity index (χ3n) is 3.68. The summed E-state index contributed by atoms with van der Waals surface area (Å²) < 4.78 is 10.2. The van der Waals surface area contributed by atoms with E-state index in [4.69, 9.17) is 9.47 Å². The molecule has 154 valence electrons. The number of nitrogens with zero attached hydrogens (tertiary/aromatic N) is 1. The van der Waals surface area contributed by atoms with Crippen LogP contribution >= 0.6 is 0 Å². The molecule has 0 spiro atoms. The Morgan fingerprint density at radius 1 is 1.00 bits per heavy atom. The Labute approximate surface area is 221 Å². The summed E-state index contributed by atoms with van der Waals surface area (Å²) in [6.07, 6.45) is 1.87. The quantitative estimate of drug-likeness (QED) is 0.212. The molecule has 0 N–H and O–H groups in total. The number of hydrogen-bond donors (Lipinski definition) is 0. The van der Waals surface area contributed by atoms with Crippen LogP contribution in [0.4, 0.5) is 0 Å². The molecule has 1 rings (SSSR count). The van der Waals surface area contributed by atoms with Gasteiger partial charge >= 0.3 is 64.2 Å². The van der Waals surface area contributed by atoms with Crippen molar-refractivity contribution >= 4 is 23.4 Å². The van der Waals surface area contributed by atoms with Gasteiger partial charge in [-0.1, -0.05) is 36.8 Å². The Morgan fingerprint density at radius 2 is 1.66 bits per heavy atom. The number of amides is 1. The number of benzene rings is 1. The molecule has 0 aliphatic carbocycles. The van der Waals surface area contributed by atoms with Crippen molar-refractivity contribution in [2.24, 2.45) is 0 Å². The maximum absolute atomic E-state index is 11.7. The molecule has 7 nitrogen and oxygen atoms in total. The minimum absolute atomic E-state index is 0. The van der Waals surface area contributed by atoms with Crippen LogP contribution in [-0.4, -0.2) is 43.3 Å². The van der Waals surface area contributed by atoms with Crippen LogP contribution in [0.2, 0.25) is 0 Å². The zero-order chi connectivity index (χ0) is 20.8. The van der Waals surface area contributed by atoms with E-state index in [1.165, 1.54) is 6.92 Å². The van der Waals surface area contributed by atoms with Gasteiger partial charge in [-0.2, -0.15) is 0 Å². The fourth-order valence-electron chi connectivity index (χ4n) is 2.34. The molecule has 0 radical (unpaired) electrons. The molecule has 0 saturated carbocycles. The van der Waals surface area contributed by atoms with Crippen LogP contribution in [0.5, 0.6) is 0 Å². The Hall–Kier alpha value is -0.735. The minimum Gasteiger partial charge on any atom is -0.648 e. The van der Waals surface area contributed by atoms with Crippen LogP contribution in [0.3, 0.4) is 0 Å². The third kappa shape index (κ3) is 14.8. The molecule has 0 bridgehead atoms. The van der Waals surface area contributed by atoms with Gasteiger partial charge in [-0.15, -0.1) is 6.54 Å². The second-order valence-corrected chi connectivity index (χ2v) is 6.50. The normalized spacial score (nSPS) is 10.0. The number of carbonyl (C=O) groups is 4. The van der Waals surface area contributed by atoms with Crippen LogP contribution in [0.25, 0.3) is 5.32 Å². The van der Waals surface area contributed by atoms with Gasteiger partial charge < -0.3 is 19.6 Å². The molecule has 8 heteroatoms. The first-order valence-corrected chi connectivity index (χ1v) is 9.43. The first-order valence-electron chi connectivity index (χ1n) is 9.43. The summed E-state index contributed by atoms with van der Waals surface area (Å²) >= 11 is 0. The number of rotatable bonds is 14. The van der Waals surface area contributed by atoms with Crippen LogP contribution < -0.4 is 58.2 Å². The summed E-state index contributed by atoms with van der Waals surface area (Å²) in [6.45, 7) is 4.03. The van der Waals surface area contributed by atoms with E-state index in [9.17, 15) is 19.2 Å². The van der Waals surface area contributed by atoms with E-state index in [1.54, 1.807) is 24.3 Å². The predicted molar refractivity (Wildman–Crippen MR) is 104 cm³/mol. The Balaban J connectivity index is 0.00000784. The van der Waals surface area contributed by atoms with Crippen molar-refractivity contribution in [3.05, 3.63) is 40.7 Å². The average molecular weight is 476 g/mol. The van der Waals surface area contributed by atoms with E-state index < -0.39 is 0 Å². The van der Waals surface area contributed by atoms with Gasteiger partial charge in [0, 0.05) is 19.3 Å². The van der Waals surface area contributed by atoms with Gasteiger partial charge in [0.15, 0.2) is 0 Å². The Kier molecular flexibility index (Phi) is 16.6. The van der Waals surface area contributed by atoms with Crippen molar-refractivity contribution < 1.29 is 86.8 Å². The molecule has 0 saturated heterocycles. The van der Waals surface area contributed by atoms with Crippen LogP contribution in [0.15, 0.2) is 24.3 Å². The Morgan fingerprint density at radius 3 is 2.28 bits per heavy atom. The largest absolute Gasteiger partial charge is 1.00 e. The second-order valence-electron chi connectivity index (χ2n) is 6.50. The monoisotopic (exact) mass is 475 g/mol. The molecule has 1 aromatic rings. The van der Waals surface area contributed by atoms with Gasteiger partial charge in [0.2, 0.25) is 0 Å². The fourth-order valence-corrected chi connectivity index (χ4v) is 2.34. The summed E-state index contributed by atoms with van der Waals surface area (Å²) in [5, 5.41) is 3.93. The van der Waals surface area contributed by atoms with Crippen molar-refractivity contribution in [1.29, 1.82) is 0 Å². The van der Waals surface area contributed by atoms with E-state index in [0.29, 0.717) is 19.4 Å². The number of ketones is 2. The summed E-state index contributed by atoms with van der Waals surface area (Å²) in [5.74, 6) is -0.831. The number of carbonyl (C=O) groups excluding carboxylic acids is 4. The molecule has 0 fully saturated rings. The summed E-state index contributed by atoms with van der Waals surface area (Å²) in [5.41, 5.74) is 1.67. The summed E-state index contributed by atoms with van der Waals surface area (Å²) in [7, 11) is 0. The maximum Gasteiger partial charge on any atom is 1.00 e. The van der Waals surface area contributed by atoms with E-state index in [1.807, 2.05) is 6.92 Å². The molecule has 0 heterocycles. The van der Waals surface area contributed by atoms with E-state index in [0.717, 1.165) is 17.5 Å². The standard InChI is InChI=1S/C21H29NO6.Rb/c1-3-5-21(26)28-11-4-10-27-15-20(25)22-14-18-8-6-17(7-9-18)13-19(24)12-16(2)23;/h6-9H,3-5,10-15H2,1-2H3,(H,22,25);/q;+1/p-1. The number of Topliss-reactive ketones (excluding diaryl/α,β-unsaturated/α-hetero) is 2. The molecule has 0 aliphatic heterocycles. The average Bonchev–Trinajstić information content (AvgIpc) is 2.63. The van der Waals surface area contributed by atoms with Crippen molar-refractivity contribution in [3.8, 4) is 0 Å². The number of esters is 1. The maximum atomic E-state index is 11.7. The van der Waals surface area contributed by atoms with E-state index >= 15 is 0 Å². The van der Waals surface area contributed by atoms with E-state index in [2.05, 4.69) is 5.32 Å². The topological polar surface area (TPSA) is 101 Å². The smallest absolute Gasteiger partial charge is 0.648 e. The van der Waals surface area contributed by atoms with Gasteiger partial charge in [-0.25, -0.2) is 0 Å². The molecule has 1 amide bonds. The van der Waals surface area contributed by atoms with Crippen LogP contribution in [-0.2, 0) is 41.6 Å². The van der Waals surface area contributed by atoms with Crippen molar-refractivity contribution in [2.45, 2.75) is 52.5 Å². The molecule has 0 atom stereocenters. The second kappa shape index (κ2) is 17.0. The predicted octanol–water partition coefficient (Wildman–Crippen LogP) is -0.0684. The van der Waals surface area contributed by atoms with Gasteiger partial charge in [0.25, 0.3) is 0 Å². The molecule has 0 aliphatic rings. The molecular weight excluding hydrogens is 448 g/mol. The van der Waals surface area contributed by atoms with Crippen LogP contribution in [0, 0.1) is 0 Å². The number of hydrogen-bond acceptors (Lipinski definition) is 6. The van der Waals surface area contributed by atoms with Crippen molar-refractivity contribution in [2.75, 3.05) is 19.8 Å². The molecular formula is C21H28NO6Rb.